The largest absolute Gasteiger partial charge is 0.480 e. The average Bonchev–Trinajstić information content (AvgIpc) is 2.54. The molecule has 0 fully saturated rings. The normalized spacial score (nSPS) is 12.6. The predicted octanol–water partition coefficient (Wildman–Crippen LogP) is 2.75. The van der Waals surface area contributed by atoms with Gasteiger partial charge in [-0.25, -0.2) is 13.1 Å². The van der Waals surface area contributed by atoms with Gasteiger partial charge in [0.1, 0.15) is 6.54 Å². The first-order valence-electron chi connectivity index (χ1n) is 7.59. The minimum Gasteiger partial charge on any atom is -0.480 e. The average molecular weight is 383 g/mol. The molecule has 134 valence electrons. The summed E-state index contributed by atoms with van der Waals surface area (Å²) >= 11 is 5.77. The molecule has 0 amide bonds. The number of carboxylic acids is 1. The van der Waals surface area contributed by atoms with E-state index in [-0.39, 0.29) is 17.5 Å². The van der Waals surface area contributed by atoms with Gasteiger partial charge in [0, 0.05) is 16.8 Å². The Kier molecular flexibility index (Phi) is 6.41. The number of sulfonamides is 1. The lowest BCUT2D eigenvalue weighted by molar-refractivity contribution is -0.134. The van der Waals surface area contributed by atoms with Crippen LogP contribution in [0.3, 0.4) is 0 Å². The summed E-state index contributed by atoms with van der Waals surface area (Å²) in [7, 11) is -3.61. The molecule has 0 aromatic heterocycles. The van der Waals surface area contributed by atoms with Crippen molar-refractivity contribution in [3.63, 3.8) is 0 Å². The molecule has 0 saturated heterocycles. The number of benzene rings is 2. The minimum atomic E-state index is -3.61. The van der Waals surface area contributed by atoms with Crippen LogP contribution in [0.15, 0.2) is 53.4 Å². The lowest BCUT2D eigenvalue weighted by Crippen LogP contribution is -2.34. The second kappa shape index (κ2) is 8.33. The Morgan fingerprint density at radius 2 is 1.72 bits per heavy atom. The van der Waals surface area contributed by atoms with Gasteiger partial charge in [-0.15, -0.1) is 0 Å². The molecule has 1 unspecified atom stereocenters. The van der Waals surface area contributed by atoms with Gasteiger partial charge in [-0.1, -0.05) is 23.7 Å². The number of rotatable bonds is 8. The molecule has 0 heterocycles. The van der Waals surface area contributed by atoms with E-state index in [1.807, 2.05) is 12.1 Å². The Bertz CT molecular complexity index is 821. The maximum absolute atomic E-state index is 12.3. The van der Waals surface area contributed by atoms with E-state index in [2.05, 4.69) is 10.0 Å². The van der Waals surface area contributed by atoms with Crippen LogP contribution in [0.2, 0.25) is 5.02 Å². The van der Waals surface area contributed by atoms with Crippen molar-refractivity contribution in [2.75, 3.05) is 11.9 Å². The molecule has 2 aromatic carbocycles. The van der Waals surface area contributed by atoms with Gasteiger partial charge >= 0.3 is 5.97 Å². The molecule has 0 aliphatic heterocycles. The number of carboxylic acid groups (broad SMARTS) is 1. The molecule has 0 saturated carbocycles. The Labute approximate surface area is 151 Å². The number of hydrogen-bond donors (Lipinski definition) is 3. The highest BCUT2D eigenvalue weighted by Gasteiger charge is 2.17. The molecule has 2 rings (SSSR count). The third kappa shape index (κ3) is 6.04. The van der Waals surface area contributed by atoms with Gasteiger partial charge in [0.25, 0.3) is 0 Å². The van der Waals surface area contributed by atoms with Crippen molar-refractivity contribution in [1.29, 1.82) is 0 Å². The Balaban J connectivity index is 1.96. The molecular weight excluding hydrogens is 364 g/mol. The molecule has 6 nitrogen and oxygen atoms in total. The maximum Gasteiger partial charge on any atom is 0.322 e. The van der Waals surface area contributed by atoms with Crippen molar-refractivity contribution in [2.24, 2.45) is 0 Å². The molecule has 8 heteroatoms. The highest BCUT2D eigenvalue weighted by molar-refractivity contribution is 7.89. The van der Waals surface area contributed by atoms with E-state index < -0.39 is 16.0 Å². The Morgan fingerprint density at radius 1 is 1.12 bits per heavy atom. The van der Waals surface area contributed by atoms with E-state index in [9.17, 15) is 13.2 Å². The molecule has 0 spiro atoms. The third-order valence-electron chi connectivity index (χ3n) is 3.42. The molecule has 0 bridgehead atoms. The third-order valence-corrected chi connectivity index (χ3v) is 5.28. The van der Waals surface area contributed by atoms with Gasteiger partial charge in [0.2, 0.25) is 10.0 Å². The number of carbonyl (C=O) groups is 1. The van der Waals surface area contributed by atoms with Crippen molar-refractivity contribution < 1.29 is 18.3 Å². The first-order chi connectivity index (χ1) is 11.8. The molecular formula is C17H19ClN2O4S. The lowest BCUT2D eigenvalue weighted by Gasteiger charge is -2.15. The fourth-order valence-electron chi connectivity index (χ4n) is 2.28. The van der Waals surface area contributed by atoms with Crippen LogP contribution >= 0.6 is 11.6 Å². The van der Waals surface area contributed by atoms with Crippen molar-refractivity contribution in [3.05, 3.63) is 59.1 Å². The smallest absolute Gasteiger partial charge is 0.322 e. The summed E-state index contributed by atoms with van der Waals surface area (Å²) < 4.78 is 27.3. The number of hydrogen-bond acceptors (Lipinski definition) is 4. The fourth-order valence-corrected chi connectivity index (χ4v) is 3.65. The molecule has 0 radical (unpaired) electrons. The van der Waals surface area contributed by atoms with Crippen LogP contribution in [0.5, 0.6) is 0 Å². The first-order valence-corrected chi connectivity index (χ1v) is 9.45. The topological polar surface area (TPSA) is 95.5 Å². The molecule has 25 heavy (non-hydrogen) atoms. The van der Waals surface area contributed by atoms with Gasteiger partial charge in [0.15, 0.2) is 0 Å². The molecule has 0 aliphatic carbocycles. The van der Waals surface area contributed by atoms with E-state index in [4.69, 9.17) is 16.7 Å². The summed E-state index contributed by atoms with van der Waals surface area (Å²) in [5, 5.41) is 11.9. The minimum absolute atomic E-state index is 0.156. The fraction of sp³-hybridized carbons (Fsp3) is 0.235. The van der Waals surface area contributed by atoms with Gasteiger partial charge < -0.3 is 10.4 Å². The Morgan fingerprint density at radius 3 is 2.28 bits per heavy atom. The van der Waals surface area contributed by atoms with Gasteiger partial charge in [0.05, 0.1) is 4.90 Å². The van der Waals surface area contributed by atoms with Gasteiger partial charge in [-0.3, -0.25) is 4.79 Å². The molecule has 1 atom stereocenters. The van der Waals surface area contributed by atoms with E-state index in [0.29, 0.717) is 17.1 Å². The lowest BCUT2D eigenvalue weighted by atomic mass is 10.1. The summed E-state index contributed by atoms with van der Waals surface area (Å²) in [6.07, 6.45) is 0.506. The highest BCUT2D eigenvalue weighted by Crippen LogP contribution is 2.15. The monoisotopic (exact) mass is 382 g/mol. The highest BCUT2D eigenvalue weighted by atomic mass is 35.5. The summed E-state index contributed by atoms with van der Waals surface area (Å²) in [5.74, 6) is -0.936. The zero-order valence-corrected chi connectivity index (χ0v) is 15.1. The number of aliphatic carboxylic acids is 1. The summed E-state index contributed by atoms with van der Waals surface area (Å²) in [4.78, 5) is 10.7. The number of nitrogens with one attached hydrogen (secondary N) is 2. The van der Waals surface area contributed by atoms with Crippen LogP contribution in [0, 0.1) is 0 Å². The number of halogens is 1. The summed E-state index contributed by atoms with van der Waals surface area (Å²) in [5.41, 5.74) is 1.63. The molecule has 2 aromatic rings. The Hall–Kier alpha value is -2.09. The SMILES string of the molecule is CC(Cc1ccc(NCC(=O)O)cc1)NS(=O)(=O)c1ccc(Cl)cc1. The van der Waals surface area contributed by atoms with Gasteiger partial charge in [-0.05, 0) is 55.3 Å². The van der Waals surface area contributed by atoms with Crippen LogP contribution in [0.4, 0.5) is 5.69 Å². The molecule has 0 aliphatic rings. The van der Waals surface area contributed by atoms with Gasteiger partial charge in [-0.2, -0.15) is 0 Å². The standard InChI is InChI=1S/C17H19ClN2O4S/c1-12(20-25(23,24)16-8-4-14(18)5-9-16)10-13-2-6-15(7-3-13)19-11-17(21)22/h2-9,12,19-20H,10-11H2,1H3,(H,21,22). The van der Waals surface area contributed by atoms with Crippen LogP contribution in [-0.4, -0.2) is 32.1 Å². The van der Waals surface area contributed by atoms with E-state index in [0.717, 1.165) is 5.56 Å². The van der Waals surface area contributed by atoms with Crippen LogP contribution < -0.4 is 10.0 Å². The second-order valence-electron chi connectivity index (χ2n) is 5.62. The van der Waals surface area contributed by atoms with E-state index in [1.165, 1.54) is 24.3 Å². The first kappa shape index (κ1) is 19.2. The second-order valence-corrected chi connectivity index (χ2v) is 7.78. The van der Waals surface area contributed by atoms with Crippen molar-refractivity contribution in [2.45, 2.75) is 24.3 Å². The summed E-state index contributed by atoms with van der Waals surface area (Å²) in [6.45, 7) is 1.63. The van der Waals surface area contributed by atoms with Crippen LogP contribution in [0.1, 0.15) is 12.5 Å². The van der Waals surface area contributed by atoms with E-state index >= 15 is 0 Å². The van der Waals surface area contributed by atoms with Crippen molar-refractivity contribution in [3.8, 4) is 0 Å². The summed E-state index contributed by atoms with van der Waals surface area (Å²) in [6, 6.07) is 12.9. The van der Waals surface area contributed by atoms with Crippen LogP contribution in [0.25, 0.3) is 0 Å². The van der Waals surface area contributed by atoms with Crippen molar-refractivity contribution >= 4 is 33.3 Å². The quantitative estimate of drug-likeness (QED) is 0.652. The maximum atomic E-state index is 12.3. The predicted molar refractivity (Wildman–Crippen MR) is 97.5 cm³/mol. The zero-order valence-electron chi connectivity index (χ0n) is 13.6. The molecule has 3 N–H and O–H groups in total. The number of anilines is 1. The van der Waals surface area contributed by atoms with Crippen LogP contribution in [-0.2, 0) is 21.2 Å². The van der Waals surface area contributed by atoms with Crippen molar-refractivity contribution in [1.82, 2.24) is 4.72 Å². The van der Waals surface area contributed by atoms with E-state index in [1.54, 1.807) is 19.1 Å². The zero-order chi connectivity index (χ0) is 18.4.